The molecule has 1 aliphatic heterocycles. The minimum atomic E-state index is -3.06. The average Bonchev–Trinajstić information content (AvgIpc) is 2.80. The molecule has 1 N–H and O–H groups in total. The third-order valence-electron chi connectivity index (χ3n) is 3.83. The minimum absolute atomic E-state index is 0.201. The van der Waals surface area contributed by atoms with E-state index in [1.165, 1.54) is 32.1 Å². The molecule has 0 bridgehead atoms. The molecule has 5 heteroatoms. The van der Waals surface area contributed by atoms with Crippen molar-refractivity contribution in [2.24, 2.45) is 0 Å². The summed E-state index contributed by atoms with van der Waals surface area (Å²) in [5.74, 6) is 0.267. The molecule has 17 heavy (non-hydrogen) atoms. The minimum Gasteiger partial charge on any atom is -0.302 e. The summed E-state index contributed by atoms with van der Waals surface area (Å²) in [4.78, 5) is 2.25. The topological polar surface area (TPSA) is 49.4 Å². The molecular formula is C12H24N2O2S. The first-order valence-corrected chi connectivity index (χ1v) is 8.53. The van der Waals surface area contributed by atoms with Crippen molar-refractivity contribution in [2.45, 2.75) is 51.0 Å². The number of nitrogens with one attached hydrogen (secondary N) is 1. The molecule has 100 valence electrons. The molecule has 0 unspecified atom stereocenters. The number of hydrogen-bond acceptors (Lipinski definition) is 3. The van der Waals surface area contributed by atoms with Gasteiger partial charge in [0.2, 0.25) is 10.0 Å². The zero-order valence-corrected chi connectivity index (χ0v) is 11.3. The van der Waals surface area contributed by atoms with E-state index >= 15 is 0 Å². The highest BCUT2D eigenvalue weighted by molar-refractivity contribution is 7.89. The fourth-order valence-corrected chi connectivity index (χ4v) is 4.15. The zero-order valence-electron chi connectivity index (χ0n) is 10.5. The molecule has 1 saturated carbocycles. The van der Waals surface area contributed by atoms with Crippen molar-refractivity contribution >= 4 is 10.0 Å². The highest BCUT2D eigenvalue weighted by Crippen LogP contribution is 2.18. The predicted molar refractivity (Wildman–Crippen MR) is 69.5 cm³/mol. The molecule has 0 radical (unpaired) electrons. The van der Waals surface area contributed by atoms with Gasteiger partial charge in [-0.15, -0.1) is 0 Å². The fourth-order valence-electron chi connectivity index (χ4n) is 2.79. The molecule has 4 nitrogen and oxygen atoms in total. The molecule has 0 amide bonds. The van der Waals surface area contributed by atoms with Crippen LogP contribution in [0.25, 0.3) is 0 Å². The van der Waals surface area contributed by atoms with Crippen LogP contribution < -0.4 is 4.72 Å². The van der Waals surface area contributed by atoms with Crippen molar-refractivity contribution in [3.63, 3.8) is 0 Å². The van der Waals surface area contributed by atoms with E-state index in [0.29, 0.717) is 6.54 Å². The summed E-state index contributed by atoms with van der Waals surface area (Å²) in [6.45, 7) is 2.83. The summed E-state index contributed by atoms with van der Waals surface area (Å²) in [6.07, 6.45) is 8.06. The molecular weight excluding hydrogens is 236 g/mol. The van der Waals surface area contributed by atoms with Gasteiger partial charge in [-0.25, -0.2) is 13.1 Å². The Hall–Kier alpha value is -0.130. The second kappa shape index (κ2) is 6.16. The van der Waals surface area contributed by atoms with Gasteiger partial charge in [0.15, 0.2) is 0 Å². The summed E-state index contributed by atoms with van der Waals surface area (Å²) < 4.78 is 26.7. The van der Waals surface area contributed by atoms with E-state index in [0.717, 1.165) is 25.9 Å². The number of nitrogens with zero attached hydrogens (tertiary/aromatic N) is 1. The lowest BCUT2D eigenvalue weighted by Crippen LogP contribution is -2.40. The SMILES string of the molecule is O=S(=O)(CCN1CCCC1)NC1CCCCC1. The van der Waals surface area contributed by atoms with Gasteiger partial charge in [0, 0.05) is 12.6 Å². The van der Waals surface area contributed by atoms with Gasteiger partial charge < -0.3 is 4.90 Å². The summed E-state index contributed by atoms with van der Waals surface area (Å²) in [6, 6.07) is 0.201. The van der Waals surface area contributed by atoms with Crippen molar-refractivity contribution in [3.8, 4) is 0 Å². The van der Waals surface area contributed by atoms with Gasteiger partial charge in [0.05, 0.1) is 5.75 Å². The van der Waals surface area contributed by atoms with Crippen LogP contribution in [0.2, 0.25) is 0 Å². The summed E-state index contributed by atoms with van der Waals surface area (Å²) >= 11 is 0. The van der Waals surface area contributed by atoms with Crippen LogP contribution in [0.3, 0.4) is 0 Å². The fraction of sp³-hybridized carbons (Fsp3) is 1.00. The molecule has 1 saturated heterocycles. The van der Waals surface area contributed by atoms with E-state index in [1.54, 1.807) is 0 Å². The van der Waals surface area contributed by atoms with E-state index in [9.17, 15) is 8.42 Å². The molecule has 0 aromatic rings. The smallest absolute Gasteiger partial charge is 0.213 e. The Bertz CT molecular complexity index is 317. The van der Waals surface area contributed by atoms with Gasteiger partial charge in [-0.05, 0) is 38.8 Å². The first kappa shape index (κ1) is 13.3. The number of rotatable bonds is 5. The normalized spacial score (nSPS) is 24.2. The van der Waals surface area contributed by atoms with E-state index in [1.807, 2.05) is 0 Å². The van der Waals surface area contributed by atoms with Crippen molar-refractivity contribution in [1.29, 1.82) is 0 Å². The summed E-state index contributed by atoms with van der Waals surface area (Å²) in [5, 5.41) is 0. The maximum Gasteiger partial charge on any atom is 0.213 e. The van der Waals surface area contributed by atoms with Gasteiger partial charge in [0.25, 0.3) is 0 Å². The predicted octanol–water partition coefficient (Wildman–Crippen LogP) is 1.33. The second-order valence-corrected chi connectivity index (χ2v) is 7.19. The van der Waals surface area contributed by atoms with Gasteiger partial charge in [0.1, 0.15) is 0 Å². The van der Waals surface area contributed by atoms with Crippen LogP contribution in [-0.2, 0) is 10.0 Å². The van der Waals surface area contributed by atoms with E-state index in [-0.39, 0.29) is 11.8 Å². The Morgan fingerprint density at radius 1 is 1.00 bits per heavy atom. The Morgan fingerprint density at radius 3 is 2.29 bits per heavy atom. The van der Waals surface area contributed by atoms with Crippen molar-refractivity contribution in [3.05, 3.63) is 0 Å². The molecule has 1 heterocycles. The number of sulfonamides is 1. The van der Waals surface area contributed by atoms with Crippen LogP contribution >= 0.6 is 0 Å². The molecule has 2 aliphatic rings. The number of likely N-dealkylation sites (tertiary alicyclic amines) is 1. The van der Waals surface area contributed by atoms with Crippen molar-refractivity contribution < 1.29 is 8.42 Å². The third kappa shape index (κ3) is 4.56. The molecule has 0 aromatic heterocycles. The standard InChI is InChI=1S/C12H24N2O2S/c15-17(16,11-10-14-8-4-5-9-14)13-12-6-2-1-3-7-12/h12-13H,1-11H2. The average molecular weight is 260 g/mol. The highest BCUT2D eigenvalue weighted by atomic mass is 32.2. The molecule has 0 atom stereocenters. The van der Waals surface area contributed by atoms with Crippen molar-refractivity contribution in [2.75, 3.05) is 25.4 Å². The van der Waals surface area contributed by atoms with E-state index in [4.69, 9.17) is 0 Å². The van der Waals surface area contributed by atoms with Crippen LogP contribution in [0.15, 0.2) is 0 Å². The lowest BCUT2D eigenvalue weighted by Gasteiger charge is -2.23. The quantitative estimate of drug-likeness (QED) is 0.811. The van der Waals surface area contributed by atoms with Crippen LogP contribution in [0.1, 0.15) is 44.9 Å². The molecule has 1 aliphatic carbocycles. The lowest BCUT2D eigenvalue weighted by atomic mass is 9.96. The first-order chi connectivity index (χ1) is 8.16. The van der Waals surface area contributed by atoms with Crippen LogP contribution in [0.4, 0.5) is 0 Å². The van der Waals surface area contributed by atoms with Crippen LogP contribution in [0.5, 0.6) is 0 Å². The first-order valence-electron chi connectivity index (χ1n) is 6.88. The van der Waals surface area contributed by atoms with Gasteiger partial charge in [-0.1, -0.05) is 19.3 Å². The molecule has 2 fully saturated rings. The van der Waals surface area contributed by atoms with E-state index in [2.05, 4.69) is 9.62 Å². The Labute approximate surface area is 105 Å². The maximum atomic E-state index is 11.9. The van der Waals surface area contributed by atoms with Gasteiger partial charge in [-0.2, -0.15) is 0 Å². The van der Waals surface area contributed by atoms with Crippen LogP contribution in [0, 0.1) is 0 Å². The highest BCUT2D eigenvalue weighted by Gasteiger charge is 2.21. The number of hydrogen-bond donors (Lipinski definition) is 1. The van der Waals surface area contributed by atoms with Crippen molar-refractivity contribution in [1.82, 2.24) is 9.62 Å². The maximum absolute atomic E-state index is 11.9. The third-order valence-corrected chi connectivity index (χ3v) is 5.24. The van der Waals surface area contributed by atoms with Gasteiger partial charge in [-0.3, -0.25) is 0 Å². The van der Waals surface area contributed by atoms with E-state index < -0.39 is 10.0 Å². The molecule has 0 aromatic carbocycles. The van der Waals surface area contributed by atoms with Gasteiger partial charge >= 0.3 is 0 Å². The largest absolute Gasteiger partial charge is 0.302 e. The molecule has 2 rings (SSSR count). The summed E-state index contributed by atoms with van der Waals surface area (Å²) in [5.41, 5.74) is 0. The summed E-state index contributed by atoms with van der Waals surface area (Å²) in [7, 11) is -3.06. The van der Waals surface area contributed by atoms with Crippen LogP contribution in [-0.4, -0.2) is 44.7 Å². The Balaban J connectivity index is 1.73. The molecule has 0 spiro atoms. The lowest BCUT2D eigenvalue weighted by molar-refractivity contribution is 0.356. The Kier molecular flexibility index (Phi) is 4.82. The zero-order chi connectivity index (χ0) is 12.1. The second-order valence-electron chi connectivity index (χ2n) is 5.32. The monoisotopic (exact) mass is 260 g/mol. The Morgan fingerprint density at radius 2 is 1.65 bits per heavy atom.